The molecule has 0 spiro atoms. The van der Waals surface area contributed by atoms with Crippen LogP contribution in [-0.4, -0.2) is 226 Å². The second-order valence-corrected chi connectivity index (χ2v) is 27.7. The molecule has 5 heterocycles. The summed E-state index contributed by atoms with van der Waals surface area (Å²) < 4.78 is 12.5. The van der Waals surface area contributed by atoms with Gasteiger partial charge in [-0.2, -0.15) is 0 Å². The highest BCUT2D eigenvalue weighted by Crippen LogP contribution is 2.28. The van der Waals surface area contributed by atoms with Gasteiger partial charge in [0.05, 0.1) is 37.2 Å². The number of carbonyl (C=O) groups excluding carboxylic acids is 12. The standard InChI is InChI=1S/C78H98N14O14/c1-9-35-89-45-65(95)87(7)69(49(3)4)75(101)79-41-57(85-73(99)67-61(105-47-51-25-13-11-14-26-51)39-53-29-17-19-31-55(53)83-67)78(104)92-38-24-22-34-60(92)72(98)82-44-64(94)90(36-10-2)46-66(96)88(8)70(50(5)6)76(102)80-42-58(77(103)91-37-23-21-33-59(91)71(97)81-43-63(89)93)86-74(100)68-62(106-48-52-27-15-12-16-28-52)40-54-30-18-20-32-56(54)84-68/h11-20,25-32,39-40,49-50,57-60,69-70H,9-10,21-24,33-38,41-48H2,1-8H3,(H,79,101)(H,80,102)(H,81,97)(H,82,98)(H,85,99)(H,86,100)/t57-,58-,59+,60+,69+,70+/m1/s1. The summed E-state index contributed by atoms with van der Waals surface area (Å²) >= 11 is 0. The summed E-state index contributed by atoms with van der Waals surface area (Å²) in [4.78, 5) is 194. The van der Waals surface area contributed by atoms with E-state index in [0.29, 0.717) is 60.3 Å². The van der Waals surface area contributed by atoms with Gasteiger partial charge in [-0.1, -0.05) is 139 Å². The van der Waals surface area contributed by atoms with Crippen LogP contribution in [0.5, 0.6) is 11.5 Å². The molecule has 0 bridgehead atoms. The van der Waals surface area contributed by atoms with E-state index in [4.69, 9.17) is 19.4 Å². The number of nitrogens with one attached hydrogen (secondary N) is 6. The van der Waals surface area contributed by atoms with Crippen molar-refractivity contribution in [3.05, 3.63) is 144 Å². The third-order valence-electron chi connectivity index (χ3n) is 19.2. The van der Waals surface area contributed by atoms with Gasteiger partial charge in [0.25, 0.3) is 11.8 Å². The molecule has 2 aromatic heterocycles. The van der Waals surface area contributed by atoms with Gasteiger partial charge in [-0.15, -0.1) is 0 Å². The molecule has 0 radical (unpaired) electrons. The lowest BCUT2D eigenvalue weighted by Crippen LogP contribution is -2.61. The zero-order valence-electron chi connectivity index (χ0n) is 61.6. The number of fused-ring (bicyclic) bond motifs is 4. The summed E-state index contributed by atoms with van der Waals surface area (Å²) in [6, 6.07) is 27.9. The summed E-state index contributed by atoms with van der Waals surface area (Å²) in [5.74, 6) is -9.76. The van der Waals surface area contributed by atoms with Gasteiger partial charge in [0.2, 0.25) is 59.1 Å². The van der Waals surface area contributed by atoms with Crippen LogP contribution < -0.4 is 41.4 Å². The topological polar surface area (TPSA) is 341 Å². The summed E-state index contributed by atoms with van der Waals surface area (Å²) in [7, 11) is 2.80. The van der Waals surface area contributed by atoms with Crippen LogP contribution in [0.3, 0.4) is 0 Å². The second kappa shape index (κ2) is 37.6. The number of aromatic nitrogens is 2. The maximum Gasteiger partial charge on any atom is 0.274 e. The maximum atomic E-state index is 15.4. The van der Waals surface area contributed by atoms with Crippen molar-refractivity contribution in [1.82, 2.24) is 71.3 Å². The van der Waals surface area contributed by atoms with E-state index in [-0.39, 0.29) is 75.1 Å². The Morgan fingerprint density at radius 3 is 1.22 bits per heavy atom. The fraction of sp³-hybridized carbons (Fsp3) is 0.462. The van der Waals surface area contributed by atoms with Crippen LogP contribution >= 0.6 is 0 Å². The lowest BCUT2D eigenvalue weighted by Gasteiger charge is -2.38. The molecule has 12 amide bonds. The maximum absolute atomic E-state index is 15.4. The molecule has 6 atom stereocenters. The number of para-hydroxylation sites is 2. The fourth-order valence-corrected chi connectivity index (χ4v) is 13.6. The van der Waals surface area contributed by atoms with E-state index in [1.54, 1.807) is 102 Å². The minimum atomic E-state index is -1.59. The first-order valence-electron chi connectivity index (χ1n) is 36.5. The zero-order chi connectivity index (χ0) is 76.1. The van der Waals surface area contributed by atoms with Crippen molar-refractivity contribution in [2.24, 2.45) is 11.8 Å². The molecule has 0 unspecified atom stereocenters. The summed E-state index contributed by atoms with van der Waals surface area (Å²) in [6.45, 7) is 7.24. The molecule has 28 nitrogen and oxygen atoms in total. The number of carbonyl (C=O) groups is 12. The van der Waals surface area contributed by atoms with Gasteiger partial charge in [-0.3, -0.25) is 57.5 Å². The monoisotopic (exact) mass is 1450 g/mol. The van der Waals surface area contributed by atoms with Crippen molar-refractivity contribution in [3.8, 4) is 11.5 Å². The van der Waals surface area contributed by atoms with Gasteiger partial charge in [0, 0.05) is 64.1 Å². The first kappa shape index (κ1) is 79.1. The Balaban J connectivity index is 1.03. The highest BCUT2D eigenvalue weighted by Gasteiger charge is 2.42. The van der Waals surface area contributed by atoms with E-state index >= 15 is 9.59 Å². The number of hydrogen-bond donors (Lipinski definition) is 6. The van der Waals surface area contributed by atoms with E-state index in [2.05, 4.69) is 31.9 Å². The third-order valence-corrected chi connectivity index (χ3v) is 19.2. The van der Waals surface area contributed by atoms with Gasteiger partial charge in [-0.25, -0.2) is 9.97 Å². The molecular weight excluding hydrogens is 1360 g/mol. The van der Waals surface area contributed by atoms with E-state index in [1.165, 1.54) is 43.5 Å². The molecule has 3 saturated heterocycles. The van der Waals surface area contributed by atoms with Crippen LogP contribution in [0.4, 0.5) is 0 Å². The largest absolute Gasteiger partial charge is 0.486 e. The van der Waals surface area contributed by atoms with Crippen LogP contribution in [0.15, 0.2) is 121 Å². The molecule has 6 aromatic rings. The summed E-state index contributed by atoms with van der Waals surface area (Å²) in [6.07, 6.45) is 2.91. The molecule has 4 aromatic carbocycles. The Hall–Kier alpha value is -11.1. The minimum absolute atomic E-state index is 0.0278. The van der Waals surface area contributed by atoms with Crippen LogP contribution in [0.25, 0.3) is 21.8 Å². The molecule has 0 saturated carbocycles. The predicted octanol–water partition coefficient (Wildman–Crippen LogP) is 4.52. The Morgan fingerprint density at radius 1 is 0.481 bits per heavy atom. The van der Waals surface area contributed by atoms with Crippen LogP contribution in [0, 0.1) is 11.8 Å². The minimum Gasteiger partial charge on any atom is -0.486 e. The van der Waals surface area contributed by atoms with Crippen LogP contribution in [-0.2, 0) is 61.2 Å². The van der Waals surface area contributed by atoms with Gasteiger partial charge >= 0.3 is 0 Å². The van der Waals surface area contributed by atoms with Crippen molar-refractivity contribution in [1.29, 1.82) is 0 Å². The highest BCUT2D eigenvalue weighted by atomic mass is 16.5. The summed E-state index contributed by atoms with van der Waals surface area (Å²) in [5.41, 5.74) is 2.09. The fourth-order valence-electron chi connectivity index (χ4n) is 13.6. The molecule has 28 heteroatoms. The molecule has 3 aliphatic heterocycles. The number of pyridine rings is 2. The number of amides is 12. The average molecular weight is 1460 g/mol. The SMILES string of the molecule is CCCN1CC(=O)N(C)[C@@H](C(C)C)C(=O)NC[C@@H](NC(=O)c2nc3ccccc3cc2OCc2ccccc2)C(=O)N2CCCC[C@H]2C(=O)NCC(=O)N(CCC)CC(=O)N(C)[C@@H](C(C)C)C(=O)NC[C@@H](NC(=O)c2nc3ccccc3cc2OCc2ccccc2)C(=O)N2CCCC[C@H]2C(=O)NCC1=O. The van der Waals surface area contributed by atoms with E-state index in [1.807, 2.05) is 60.7 Å². The lowest BCUT2D eigenvalue weighted by atomic mass is 9.99. The van der Waals surface area contributed by atoms with Crippen LogP contribution in [0.1, 0.15) is 125 Å². The van der Waals surface area contributed by atoms with E-state index in [0.717, 1.165) is 11.1 Å². The van der Waals surface area contributed by atoms with Crippen molar-refractivity contribution >= 4 is 92.7 Å². The molecule has 9 rings (SSSR count). The van der Waals surface area contributed by atoms with E-state index < -0.39 is 158 Å². The number of likely N-dealkylation sites (N-methyl/N-ethyl adjacent to an activating group) is 2. The normalized spacial score (nSPS) is 21.0. The molecule has 3 fully saturated rings. The average Bonchev–Trinajstić information content (AvgIpc) is 0.806. The molecule has 106 heavy (non-hydrogen) atoms. The van der Waals surface area contributed by atoms with Crippen molar-refractivity contribution in [2.75, 3.05) is 79.5 Å². The molecule has 3 aliphatic rings. The quantitative estimate of drug-likeness (QED) is 0.0776. The third kappa shape index (κ3) is 20.3. The number of hydrogen-bond acceptors (Lipinski definition) is 16. The Kier molecular flexibility index (Phi) is 28.0. The van der Waals surface area contributed by atoms with Gasteiger partial charge in [0.1, 0.15) is 49.5 Å². The smallest absolute Gasteiger partial charge is 0.274 e. The summed E-state index contributed by atoms with van der Waals surface area (Å²) in [5, 5.41) is 17.9. The number of nitrogens with zero attached hydrogens (tertiary/aromatic N) is 8. The number of ether oxygens (including phenoxy) is 2. The molecule has 0 aliphatic carbocycles. The first-order valence-corrected chi connectivity index (χ1v) is 36.5. The van der Waals surface area contributed by atoms with Crippen molar-refractivity contribution in [3.63, 3.8) is 0 Å². The molecule has 6 N–H and O–H groups in total. The van der Waals surface area contributed by atoms with Gasteiger partial charge in [0.15, 0.2) is 22.9 Å². The van der Waals surface area contributed by atoms with Crippen LogP contribution in [0.2, 0.25) is 0 Å². The first-order chi connectivity index (χ1) is 51.0. The Bertz CT molecular complexity index is 3900. The lowest BCUT2D eigenvalue weighted by molar-refractivity contribution is -0.147. The Labute approximate surface area is 617 Å². The second-order valence-electron chi connectivity index (χ2n) is 27.7. The predicted molar refractivity (Wildman–Crippen MR) is 395 cm³/mol. The van der Waals surface area contributed by atoms with Crippen molar-refractivity contribution < 1.29 is 67.0 Å². The number of piperidine rings is 2. The number of benzene rings is 4. The number of rotatable bonds is 16. The molecule has 564 valence electrons. The Morgan fingerprint density at radius 2 is 0.849 bits per heavy atom. The highest BCUT2D eigenvalue weighted by molar-refractivity contribution is 6.03. The van der Waals surface area contributed by atoms with E-state index in [9.17, 15) is 47.9 Å². The van der Waals surface area contributed by atoms with Gasteiger partial charge in [-0.05, 0) is 98.6 Å². The molecular formula is C78H98N14O14. The zero-order valence-corrected chi connectivity index (χ0v) is 61.6. The van der Waals surface area contributed by atoms with Crippen molar-refractivity contribution in [2.45, 2.75) is 142 Å². The van der Waals surface area contributed by atoms with Gasteiger partial charge < -0.3 is 70.8 Å².